The van der Waals surface area contributed by atoms with Gasteiger partial charge < -0.3 is 5.73 Å². The van der Waals surface area contributed by atoms with E-state index in [2.05, 4.69) is 31.8 Å². The largest absolute Gasteiger partial charge is 0.323 e. The fourth-order valence-electron chi connectivity index (χ4n) is 1.56. The molecule has 2 nitrogen and oxygen atoms in total. The molecule has 2 N–H and O–H groups in total. The lowest BCUT2D eigenvalue weighted by Gasteiger charge is -2.12. The maximum atomic E-state index is 5.99. The topological polar surface area (TPSA) is 38.9 Å². The summed E-state index contributed by atoms with van der Waals surface area (Å²) in [7, 11) is 0. The van der Waals surface area contributed by atoms with Crippen LogP contribution in [-0.4, -0.2) is 4.98 Å². The molecule has 72 valence electrons. The van der Waals surface area contributed by atoms with E-state index in [1.54, 1.807) is 0 Å². The summed E-state index contributed by atoms with van der Waals surface area (Å²) in [6.07, 6.45) is 4.00. The molecule has 0 radical (unpaired) electrons. The van der Waals surface area contributed by atoms with Crippen LogP contribution in [0.3, 0.4) is 0 Å². The van der Waals surface area contributed by atoms with Crippen molar-refractivity contribution in [3.05, 3.63) is 29.1 Å². The zero-order valence-corrected chi connectivity index (χ0v) is 8.67. The molecular formula is C11H18N2. The smallest absolute Gasteiger partial charge is 0.0600 e. The predicted octanol–water partition coefficient (Wildman–Crippen LogP) is 2.50. The van der Waals surface area contributed by atoms with Crippen molar-refractivity contribution in [1.29, 1.82) is 0 Å². The van der Waals surface area contributed by atoms with Gasteiger partial charge in [-0.25, -0.2) is 0 Å². The van der Waals surface area contributed by atoms with Crippen LogP contribution in [-0.2, 0) is 0 Å². The van der Waals surface area contributed by atoms with E-state index < -0.39 is 0 Å². The molecule has 0 fully saturated rings. The van der Waals surface area contributed by atoms with E-state index in [0.717, 1.165) is 18.5 Å². The number of hydrogen-bond donors (Lipinski definition) is 1. The quantitative estimate of drug-likeness (QED) is 0.772. The Morgan fingerprint density at radius 3 is 2.69 bits per heavy atom. The second kappa shape index (κ2) is 4.38. The van der Waals surface area contributed by atoms with Crippen molar-refractivity contribution in [2.24, 2.45) is 5.73 Å². The second-order valence-corrected chi connectivity index (χ2v) is 3.61. The van der Waals surface area contributed by atoms with E-state index in [1.807, 2.05) is 6.20 Å². The molecule has 0 spiro atoms. The van der Waals surface area contributed by atoms with E-state index >= 15 is 0 Å². The fraction of sp³-hybridized carbons (Fsp3) is 0.545. The minimum absolute atomic E-state index is 0.102. The minimum atomic E-state index is 0.102. The van der Waals surface area contributed by atoms with Crippen LogP contribution in [0.2, 0.25) is 0 Å². The summed E-state index contributed by atoms with van der Waals surface area (Å²) in [5, 5.41) is 0. The Balaban J connectivity index is 2.88. The van der Waals surface area contributed by atoms with Gasteiger partial charge >= 0.3 is 0 Å². The number of rotatable bonds is 3. The van der Waals surface area contributed by atoms with Crippen molar-refractivity contribution < 1.29 is 0 Å². The molecule has 0 saturated heterocycles. The van der Waals surface area contributed by atoms with Gasteiger partial charge in [0.05, 0.1) is 5.69 Å². The van der Waals surface area contributed by atoms with E-state index in [9.17, 15) is 0 Å². The molecule has 0 saturated carbocycles. The molecule has 0 aliphatic heterocycles. The zero-order valence-electron chi connectivity index (χ0n) is 8.67. The van der Waals surface area contributed by atoms with Gasteiger partial charge in [-0.3, -0.25) is 4.98 Å². The highest BCUT2D eigenvalue weighted by Gasteiger charge is 2.08. The summed E-state index contributed by atoms with van der Waals surface area (Å²) in [5.74, 6) is 0. The number of hydrogen-bond acceptors (Lipinski definition) is 2. The molecule has 1 atom stereocenters. The van der Waals surface area contributed by atoms with Gasteiger partial charge in [-0.2, -0.15) is 0 Å². The zero-order chi connectivity index (χ0) is 9.84. The molecule has 1 rings (SSSR count). The van der Waals surface area contributed by atoms with Crippen molar-refractivity contribution in [3.8, 4) is 0 Å². The van der Waals surface area contributed by atoms with E-state index in [0.29, 0.717) is 0 Å². The van der Waals surface area contributed by atoms with E-state index in [4.69, 9.17) is 5.73 Å². The van der Waals surface area contributed by atoms with Gasteiger partial charge in [0.25, 0.3) is 0 Å². The van der Waals surface area contributed by atoms with Gasteiger partial charge in [0.15, 0.2) is 0 Å². The first-order valence-corrected chi connectivity index (χ1v) is 4.84. The first-order valence-electron chi connectivity index (χ1n) is 4.84. The highest BCUT2D eigenvalue weighted by molar-refractivity contribution is 5.25. The Labute approximate surface area is 80.2 Å². The Morgan fingerprint density at radius 2 is 2.15 bits per heavy atom. The van der Waals surface area contributed by atoms with Gasteiger partial charge in [0, 0.05) is 12.2 Å². The second-order valence-electron chi connectivity index (χ2n) is 3.61. The molecule has 0 unspecified atom stereocenters. The minimum Gasteiger partial charge on any atom is -0.323 e. The third-order valence-electron chi connectivity index (χ3n) is 2.21. The molecule has 13 heavy (non-hydrogen) atoms. The third-order valence-corrected chi connectivity index (χ3v) is 2.21. The summed E-state index contributed by atoms with van der Waals surface area (Å²) in [6.45, 7) is 6.27. The van der Waals surface area contributed by atoms with Gasteiger partial charge in [0.1, 0.15) is 0 Å². The van der Waals surface area contributed by atoms with Crippen LogP contribution in [0.4, 0.5) is 0 Å². The SMILES string of the molecule is CCC[C@H](N)c1ncc(C)cc1C. The molecule has 2 heteroatoms. The van der Waals surface area contributed by atoms with Crippen LogP contribution in [0.25, 0.3) is 0 Å². The van der Waals surface area contributed by atoms with Gasteiger partial charge in [-0.15, -0.1) is 0 Å². The summed E-state index contributed by atoms with van der Waals surface area (Å²) < 4.78 is 0. The number of nitrogens with two attached hydrogens (primary N) is 1. The van der Waals surface area contributed by atoms with Crippen LogP contribution in [0.1, 0.15) is 42.6 Å². The molecule has 0 aliphatic rings. The first-order chi connectivity index (χ1) is 6.15. The van der Waals surface area contributed by atoms with Crippen LogP contribution in [0.15, 0.2) is 12.3 Å². The van der Waals surface area contributed by atoms with Crippen LogP contribution < -0.4 is 5.73 Å². The lowest BCUT2D eigenvalue weighted by molar-refractivity contribution is 0.617. The van der Waals surface area contributed by atoms with Crippen molar-refractivity contribution in [2.45, 2.75) is 39.7 Å². The molecular weight excluding hydrogens is 160 g/mol. The average Bonchev–Trinajstić information content (AvgIpc) is 2.04. The Morgan fingerprint density at radius 1 is 1.46 bits per heavy atom. The fourth-order valence-corrected chi connectivity index (χ4v) is 1.56. The Kier molecular flexibility index (Phi) is 3.43. The van der Waals surface area contributed by atoms with Gasteiger partial charge in [-0.05, 0) is 31.4 Å². The highest BCUT2D eigenvalue weighted by atomic mass is 14.8. The van der Waals surface area contributed by atoms with Crippen LogP contribution in [0, 0.1) is 13.8 Å². The summed E-state index contributed by atoms with van der Waals surface area (Å²) in [5.41, 5.74) is 9.45. The maximum absolute atomic E-state index is 5.99. The van der Waals surface area contributed by atoms with E-state index in [-0.39, 0.29) is 6.04 Å². The highest BCUT2D eigenvalue weighted by Crippen LogP contribution is 2.17. The van der Waals surface area contributed by atoms with Crippen molar-refractivity contribution in [1.82, 2.24) is 4.98 Å². The molecule has 0 aliphatic carbocycles. The number of aromatic nitrogens is 1. The van der Waals surface area contributed by atoms with Crippen LogP contribution in [0.5, 0.6) is 0 Å². The molecule has 1 aromatic heterocycles. The van der Waals surface area contributed by atoms with Gasteiger partial charge in [0.2, 0.25) is 0 Å². The van der Waals surface area contributed by atoms with Crippen molar-refractivity contribution in [2.75, 3.05) is 0 Å². The molecule has 0 amide bonds. The Bertz CT molecular complexity index is 281. The molecule has 1 aromatic rings. The average molecular weight is 178 g/mol. The van der Waals surface area contributed by atoms with E-state index in [1.165, 1.54) is 11.1 Å². The van der Waals surface area contributed by atoms with Gasteiger partial charge in [-0.1, -0.05) is 19.4 Å². The molecule has 0 bridgehead atoms. The summed E-state index contributed by atoms with van der Waals surface area (Å²) >= 11 is 0. The molecule has 0 aromatic carbocycles. The Hall–Kier alpha value is -0.890. The number of nitrogens with zero attached hydrogens (tertiary/aromatic N) is 1. The molecule has 1 heterocycles. The summed E-state index contributed by atoms with van der Waals surface area (Å²) in [6, 6.07) is 2.24. The monoisotopic (exact) mass is 178 g/mol. The third kappa shape index (κ3) is 2.52. The predicted molar refractivity (Wildman–Crippen MR) is 55.5 cm³/mol. The van der Waals surface area contributed by atoms with Crippen molar-refractivity contribution >= 4 is 0 Å². The standard InChI is InChI=1S/C11H18N2/c1-4-5-10(12)11-9(3)6-8(2)7-13-11/h6-7,10H,4-5,12H2,1-3H3/t10-/m0/s1. The lowest BCUT2D eigenvalue weighted by atomic mass is 10.0. The first kappa shape index (κ1) is 10.2. The lowest BCUT2D eigenvalue weighted by Crippen LogP contribution is -2.13. The maximum Gasteiger partial charge on any atom is 0.0600 e. The van der Waals surface area contributed by atoms with Crippen LogP contribution >= 0.6 is 0 Å². The number of pyridine rings is 1. The summed E-state index contributed by atoms with van der Waals surface area (Å²) in [4.78, 5) is 4.37. The number of aryl methyl sites for hydroxylation is 2. The normalized spacial score (nSPS) is 12.9. The van der Waals surface area contributed by atoms with Crippen molar-refractivity contribution in [3.63, 3.8) is 0 Å².